The molecule has 9 nitrogen and oxygen atoms in total. The molecule has 0 radical (unpaired) electrons. The number of fused-ring (bicyclic) bond motifs is 1. The smallest absolute Gasteiger partial charge is 0.249 e. The van der Waals surface area contributed by atoms with E-state index >= 15 is 0 Å². The van der Waals surface area contributed by atoms with E-state index in [-0.39, 0.29) is 11.8 Å². The topological polar surface area (TPSA) is 130 Å². The van der Waals surface area contributed by atoms with Crippen LogP contribution in [0.4, 0.5) is 5.69 Å². The molecule has 0 saturated heterocycles. The Labute approximate surface area is 221 Å². The predicted molar refractivity (Wildman–Crippen MR) is 146 cm³/mol. The second kappa shape index (κ2) is 11.4. The van der Waals surface area contributed by atoms with Gasteiger partial charge in [0.25, 0.3) is 0 Å². The molecule has 4 N–H and O–H groups in total. The number of hydrogen-bond donors (Lipinski definition) is 3. The van der Waals surface area contributed by atoms with Gasteiger partial charge in [0.15, 0.2) is 0 Å². The fourth-order valence-corrected chi connectivity index (χ4v) is 4.91. The molecule has 1 aliphatic rings. The highest BCUT2D eigenvalue weighted by Gasteiger charge is 2.32. The van der Waals surface area contributed by atoms with E-state index in [1.165, 1.54) is 0 Å². The lowest BCUT2D eigenvalue weighted by Gasteiger charge is -2.27. The lowest BCUT2D eigenvalue weighted by molar-refractivity contribution is -0.128. The third kappa shape index (κ3) is 5.33. The number of hydrogen-bond acceptors (Lipinski definition) is 6. The van der Waals surface area contributed by atoms with Gasteiger partial charge in [0.05, 0.1) is 12.6 Å². The molecule has 1 aromatic heterocycles. The summed E-state index contributed by atoms with van der Waals surface area (Å²) in [6.07, 6.45) is 2.61. The Morgan fingerprint density at radius 3 is 2.55 bits per heavy atom. The summed E-state index contributed by atoms with van der Waals surface area (Å²) in [7, 11) is 0. The van der Waals surface area contributed by atoms with E-state index in [9.17, 15) is 9.59 Å². The van der Waals surface area contributed by atoms with Gasteiger partial charge in [-0.05, 0) is 52.8 Å². The van der Waals surface area contributed by atoms with E-state index in [4.69, 9.17) is 5.73 Å². The number of tetrazole rings is 1. The molecule has 0 aliphatic carbocycles. The Morgan fingerprint density at radius 2 is 1.82 bits per heavy atom. The molecule has 9 heteroatoms. The maximum atomic E-state index is 13.7. The van der Waals surface area contributed by atoms with Crippen LogP contribution in [0, 0.1) is 0 Å². The number of carbonyl (C=O) groups excluding carboxylic acids is 2. The van der Waals surface area contributed by atoms with Crippen molar-refractivity contribution in [3.05, 3.63) is 83.9 Å². The molecule has 0 fully saturated rings. The number of aromatic nitrogens is 4. The number of nitrogens with two attached hydrogens (primary N) is 1. The van der Waals surface area contributed by atoms with Crippen molar-refractivity contribution in [2.45, 2.75) is 51.2 Å². The van der Waals surface area contributed by atoms with E-state index in [1.807, 2.05) is 79.7 Å². The van der Waals surface area contributed by atoms with Gasteiger partial charge in [-0.2, -0.15) is 5.21 Å². The van der Waals surface area contributed by atoms with Crippen LogP contribution < -0.4 is 16.0 Å². The van der Waals surface area contributed by atoms with Crippen molar-refractivity contribution in [1.29, 1.82) is 0 Å². The number of anilines is 1. The molecule has 0 bridgehead atoms. The van der Waals surface area contributed by atoms with Crippen LogP contribution in [0.2, 0.25) is 0 Å². The number of aromatic amines is 1. The molecular weight excluding hydrogens is 478 g/mol. The number of amides is 2. The summed E-state index contributed by atoms with van der Waals surface area (Å²) in [6, 6.07) is 22.7. The molecule has 1 aliphatic heterocycles. The van der Waals surface area contributed by atoms with E-state index in [1.54, 1.807) is 4.90 Å². The van der Waals surface area contributed by atoms with E-state index < -0.39 is 12.1 Å². The highest BCUT2D eigenvalue weighted by atomic mass is 16.2. The third-order valence-corrected chi connectivity index (χ3v) is 6.92. The summed E-state index contributed by atoms with van der Waals surface area (Å²) in [5.41, 5.74) is 11.8. The highest BCUT2D eigenvalue weighted by molar-refractivity contribution is 6.01. The third-order valence-electron chi connectivity index (χ3n) is 6.92. The fourth-order valence-electron chi connectivity index (χ4n) is 4.91. The Hall–Kier alpha value is -4.37. The molecular formula is C29H31N7O2. The summed E-state index contributed by atoms with van der Waals surface area (Å²) < 4.78 is 0. The first kappa shape index (κ1) is 25.3. The monoisotopic (exact) mass is 509 g/mol. The number of aryl methyl sites for hydroxylation is 1. The van der Waals surface area contributed by atoms with Crippen LogP contribution in [-0.4, -0.2) is 44.5 Å². The van der Waals surface area contributed by atoms with E-state index in [2.05, 4.69) is 25.9 Å². The van der Waals surface area contributed by atoms with Crippen molar-refractivity contribution in [1.82, 2.24) is 25.9 Å². The number of nitrogens with zero attached hydrogens (tertiary/aromatic N) is 4. The lowest BCUT2D eigenvalue weighted by Crippen LogP contribution is -2.52. The van der Waals surface area contributed by atoms with Crippen LogP contribution >= 0.6 is 0 Å². The van der Waals surface area contributed by atoms with Gasteiger partial charge in [-0.25, -0.2) is 0 Å². The number of benzene rings is 3. The predicted octanol–water partition coefficient (Wildman–Crippen LogP) is 3.63. The maximum Gasteiger partial charge on any atom is 0.249 e. The second-order valence-electron chi connectivity index (χ2n) is 9.53. The molecule has 0 spiro atoms. The molecule has 0 unspecified atom stereocenters. The van der Waals surface area contributed by atoms with Crippen LogP contribution in [0.5, 0.6) is 0 Å². The normalized spacial score (nSPS) is 16.0. The molecule has 0 saturated carbocycles. The number of nitrogens with one attached hydrogen (secondary N) is 2. The van der Waals surface area contributed by atoms with Crippen molar-refractivity contribution in [2.24, 2.45) is 5.73 Å². The van der Waals surface area contributed by atoms with Crippen molar-refractivity contribution < 1.29 is 9.59 Å². The van der Waals surface area contributed by atoms with Crippen LogP contribution in [0.15, 0.2) is 72.8 Å². The van der Waals surface area contributed by atoms with Crippen molar-refractivity contribution in [3.63, 3.8) is 0 Å². The quantitative estimate of drug-likeness (QED) is 0.333. The molecule has 2 amide bonds. The standard InChI is InChI=1S/C29H31N7O2/c1-2-7-24(30)28(37)31-25-17-16-21-8-3-6-11-26(21)36(29(25)38)18-19-12-14-20(15-13-19)22-9-4-5-10-23(22)27-32-34-35-33-27/h3-6,8-15,24-25H,2,7,16-18,30H2,1H3,(H,31,37)(H,32,33,34,35)/t24-,25-/m1/s1. The number of carbonyl (C=O) groups is 2. The van der Waals surface area contributed by atoms with Gasteiger partial charge in [0, 0.05) is 11.3 Å². The van der Waals surface area contributed by atoms with Gasteiger partial charge in [-0.3, -0.25) is 9.59 Å². The zero-order valence-electron chi connectivity index (χ0n) is 21.3. The number of para-hydroxylation sites is 1. The largest absolute Gasteiger partial charge is 0.343 e. The zero-order chi connectivity index (χ0) is 26.5. The van der Waals surface area contributed by atoms with Gasteiger partial charge in [-0.1, -0.05) is 80.1 Å². The molecule has 5 rings (SSSR count). The second-order valence-corrected chi connectivity index (χ2v) is 9.53. The zero-order valence-corrected chi connectivity index (χ0v) is 21.3. The van der Waals surface area contributed by atoms with Gasteiger partial charge in [0.1, 0.15) is 6.04 Å². The molecule has 194 valence electrons. The summed E-state index contributed by atoms with van der Waals surface area (Å²) in [5.74, 6) is 0.127. The first-order chi connectivity index (χ1) is 18.5. The van der Waals surface area contributed by atoms with E-state index in [0.717, 1.165) is 39.9 Å². The fraction of sp³-hybridized carbons (Fsp3) is 0.276. The summed E-state index contributed by atoms with van der Waals surface area (Å²) in [6.45, 7) is 2.37. The van der Waals surface area contributed by atoms with Crippen molar-refractivity contribution in [2.75, 3.05) is 4.90 Å². The summed E-state index contributed by atoms with van der Waals surface area (Å²) in [5, 5.41) is 17.4. The summed E-state index contributed by atoms with van der Waals surface area (Å²) >= 11 is 0. The average molecular weight is 510 g/mol. The molecule has 3 aromatic carbocycles. The molecule has 38 heavy (non-hydrogen) atoms. The SMILES string of the molecule is CCC[C@@H](N)C(=O)N[C@@H]1CCc2ccccc2N(Cc2ccc(-c3ccccc3-c3nn[nH]n3)cc2)C1=O. The maximum absolute atomic E-state index is 13.7. The highest BCUT2D eigenvalue weighted by Crippen LogP contribution is 2.31. The van der Waals surface area contributed by atoms with Gasteiger partial charge < -0.3 is 16.0 Å². The average Bonchev–Trinajstić information content (AvgIpc) is 3.45. The Kier molecular flexibility index (Phi) is 7.55. The van der Waals surface area contributed by atoms with Crippen LogP contribution in [0.1, 0.15) is 37.3 Å². The minimum atomic E-state index is -0.626. The van der Waals surface area contributed by atoms with Crippen molar-refractivity contribution in [3.8, 4) is 22.5 Å². The number of H-pyrrole nitrogens is 1. The lowest BCUT2D eigenvalue weighted by atomic mass is 9.98. The number of rotatable bonds is 8. The summed E-state index contributed by atoms with van der Waals surface area (Å²) in [4.78, 5) is 28.2. The van der Waals surface area contributed by atoms with Gasteiger partial charge in [0.2, 0.25) is 17.6 Å². The van der Waals surface area contributed by atoms with Crippen LogP contribution in [0.3, 0.4) is 0 Å². The van der Waals surface area contributed by atoms with Crippen molar-refractivity contribution >= 4 is 17.5 Å². The molecule has 2 atom stereocenters. The Bertz CT molecular complexity index is 1400. The van der Waals surface area contributed by atoms with E-state index in [0.29, 0.717) is 31.6 Å². The van der Waals surface area contributed by atoms with Gasteiger partial charge in [-0.15, -0.1) is 10.2 Å². The minimum absolute atomic E-state index is 0.126. The van der Waals surface area contributed by atoms with Gasteiger partial charge >= 0.3 is 0 Å². The minimum Gasteiger partial charge on any atom is -0.343 e. The Balaban J connectivity index is 1.40. The molecule has 4 aromatic rings. The van der Waals surface area contributed by atoms with Crippen LogP contribution in [-0.2, 0) is 22.6 Å². The van der Waals surface area contributed by atoms with Crippen LogP contribution in [0.25, 0.3) is 22.5 Å². The molecule has 2 heterocycles. The first-order valence-corrected chi connectivity index (χ1v) is 12.9. The Morgan fingerprint density at radius 1 is 1.08 bits per heavy atom. The first-order valence-electron chi connectivity index (χ1n) is 12.9.